The van der Waals surface area contributed by atoms with Gasteiger partial charge in [0.1, 0.15) is 0 Å². The largest absolute Gasteiger partial charge is 0.396 e. The fourth-order valence-corrected chi connectivity index (χ4v) is 2.22. The number of hydrogen-bond acceptors (Lipinski definition) is 3. The molecule has 1 rings (SSSR count). The van der Waals surface area contributed by atoms with Crippen LogP contribution >= 0.6 is 11.8 Å². The van der Waals surface area contributed by atoms with Gasteiger partial charge < -0.3 is 10.4 Å². The maximum absolute atomic E-state index is 11.4. The normalized spacial score (nSPS) is 24.4. The van der Waals surface area contributed by atoms with Gasteiger partial charge in [-0.1, -0.05) is 19.1 Å². The van der Waals surface area contributed by atoms with Crippen LogP contribution in [0.15, 0.2) is 12.2 Å². The van der Waals surface area contributed by atoms with Gasteiger partial charge in [0.05, 0.1) is 0 Å². The lowest BCUT2D eigenvalue weighted by molar-refractivity contribution is -0.121. The number of aliphatic hydroxyl groups is 1. The van der Waals surface area contributed by atoms with Crippen molar-refractivity contribution in [2.75, 3.05) is 18.1 Å². The molecule has 2 N–H and O–H groups in total. The average molecular weight is 229 g/mol. The van der Waals surface area contributed by atoms with E-state index in [1.165, 1.54) is 0 Å². The molecule has 0 aromatic heterocycles. The summed E-state index contributed by atoms with van der Waals surface area (Å²) < 4.78 is 0. The Morgan fingerprint density at radius 1 is 1.60 bits per heavy atom. The Hall–Kier alpha value is -0.480. The Balaban J connectivity index is 2.14. The highest BCUT2D eigenvalue weighted by Crippen LogP contribution is 2.17. The van der Waals surface area contributed by atoms with E-state index < -0.39 is 0 Å². The molecular weight excluding hydrogens is 210 g/mol. The molecule has 0 aromatic rings. The molecule has 15 heavy (non-hydrogen) atoms. The van der Waals surface area contributed by atoms with E-state index >= 15 is 0 Å². The van der Waals surface area contributed by atoms with Crippen molar-refractivity contribution in [1.29, 1.82) is 0 Å². The second kappa shape index (κ2) is 6.90. The lowest BCUT2D eigenvalue weighted by Crippen LogP contribution is -2.33. The number of amides is 1. The van der Waals surface area contributed by atoms with Gasteiger partial charge in [0.2, 0.25) is 5.91 Å². The molecule has 0 aromatic carbocycles. The highest BCUT2D eigenvalue weighted by atomic mass is 32.2. The Labute approximate surface area is 95.3 Å². The number of nitrogens with one attached hydrogen (secondary N) is 1. The summed E-state index contributed by atoms with van der Waals surface area (Å²) in [4.78, 5) is 11.4. The molecule has 0 heterocycles. The summed E-state index contributed by atoms with van der Waals surface area (Å²) in [5.74, 6) is 2.29. The van der Waals surface area contributed by atoms with Crippen molar-refractivity contribution in [2.24, 2.45) is 5.92 Å². The molecule has 0 aliphatic heterocycles. The van der Waals surface area contributed by atoms with Gasteiger partial charge in [0.25, 0.3) is 0 Å². The topological polar surface area (TPSA) is 49.3 Å². The van der Waals surface area contributed by atoms with Crippen LogP contribution < -0.4 is 5.32 Å². The summed E-state index contributed by atoms with van der Waals surface area (Å²) in [5, 5.41) is 11.9. The fraction of sp³-hybridized carbons (Fsp3) is 0.727. The maximum atomic E-state index is 11.4. The second-order valence-corrected chi connectivity index (χ2v) is 5.08. The predicted octanol–water partition coefficient (Wildman–Crippen LogP) is 1.18. The standard InChI is InChI=1S/C11H19NO2S/c1-2-15-6-5-11(14)12-10-4-3-9(7-10)8-13/h3-4,9-10,13H,2,5-8H2,1H3,(H,12,14)/t9-,10+/m0/s1. The van der Waals surface area contributed by atoms with Gasteiger partial charge in [-0.2, -0.15) is 11.8 Å². The number of hydrogen-bond donors (Lipinski definition) is 2. The number of aliphatic hydroxyl groups excluding tert-OH is 1. The number of carbonyl (C=O) groups excluding carboxylic acids is 1. The third kappa shape index (κ3) is 4.71. The molecule has 3 nitrogen and oxygen atoms in total. The Morgan fingerprint density at radius 3 is 3.00 bits per heavy atom. The molecule has 1 amide bonds. The summed E-state index contributed by atoms with van der Waals surface area (Å²) in [7, 11) is 0. The summed E-state index contributed by atoms with van der Waals surface area (Å²) in [6.45, 7) is 2.27. The van der Waals surface area contributed by atoms with Gasteiger partial charge in [-0.3, -0.25) is 4.79 Å². The van der Waals surface area contributed by atoms with Crippen LogP contribution in [0.4, 0.5) is 0 Å². The first kappa shape index (κ1) is 12.6. The quantitative estimate of drug-likeness (QED) is 0.531. The molecule has 86 valence electrons. The van der Waals surface area contributed by atoms with Crippen LogP contribution in [0.5, 0.6) is 0 Å². The van der Waals surface area contributed by atoms with E-state index in [1.54, 1.807) is 11.8 Å². The molecule has 1 aliphatic carbocycles. The van der Waals surface area contributed by atoms with Gasteiger partial charge in [0, 0.05) is 30.7 Å². The van der Waals surface area contributed by atoms with E-state index in [2.05, 4.69) is 12.2 Å². The predicted molar refractivity (Wildman–Crippen MR) is 63.9 cm³/mol. The Kier molecular flexibility index (Phi) is 5.79. The van der Waals surface area contributed by atoms with Gasteiger partial charge in [-0.05, 0) is 12.2 Å². The lowest BCUT2D eigenvalue weighted by Gasteiger charge is -2.12. The van der Waals surface area contributed by atoms with E-state index in [9.17, 15) is 4.79 Å². The zero-order valence-corrected chi connectivity index (χ0v) is 9.93. The van der Waals surface area contributed by atoms with Gasteiger partial charge in [-0.25, -0.2) is 0 Å². The molecule has 2 atom stereocenters. The molecule has 0 radical (unpaired) electrons. The van der Waals surface area contributed by atoms with Gasteiger partial charge in [0.15, 0.2) is 0 Å². The monoisotopic (exact) mass is 229 g/mol. The van der Waals surface area contributed by atoms with Crippen LogP contribution in [0.1, 0.15) is 19.8 Å². The first-order valence-electron chi connectivity index (χ1n) is 5.42. The van der Waals surface area contributed by atoms with Crippen molar-refractivity contribution in [2.45, 2.75) is 25.8 Å². The number of carbonyl (C=O) groups is 1. The fourth-order valence-electron chi connectivity index (χ4n) is 1.61. The van der Waals surface area contributed by atoms with Crippen molar-refractivity contribution in [3.63, 3.8) is 0 Å². The van der Waals surface area contributed by atoms with E-state index in [-0.39, 0.29) is 24.5 Å². The van der Waals surface area contributed by atoms with Crippen molar-refractivity contribution in [3.8, 4) is 0 Å². The summed E-state index contributed by atoms with van der Waals surface area (Å²) in [6, 6.07) is 0.126. The van der Waals surface area contributed by atoms with Crippen LogP contribution in [0.3, 0.4) is 0 Å². The van der Waals surface area contributed by atoms with Crippen molar-refractivity contribution >= 4 is 17.7 Å². The first-order valence-corrected chi connectivity index (χ1v) is 6.58. The minimum absolute atomic E-state index is 0.115. The Morgan fingerprint density at radius 2 is 2.40 bits per heavy atom. The Bertz CT molecular complexity index is 231. The minimum atomic E-state index is 0.115. The molecule has 0 saturated carbocycles. The first-order chi connectivity index (χ1) is 7.26. The third-order valence-electron chi connectivity index (χ3n) is 2.43. The van der Waals surface area contributed by atoms with Crippen molar-refractivity contribution < 1.29 is 9.90 Å². The van der Waals surface area contributed by atoms with Crippen molar-refractivity contribution in [3.05, 3.63) is 12.2 Å². The summed E-state index contributed by atoms with van der Waals surface area (Å²) in [5.41, 5.74) is 0. The molecule has 0 saturated heterocycles. The average Bonchev–Trinajstić information content (AvgIpc) is 2.66. The van der Waals surface area contributed by atoms with E-state index in [0.29, 0.717) is 6.42 Å². The van der Waals surface area contributed by atoms with Gasteiger partial charge >= 0.3 is 0 Å². The SMILES string of the molecule is CCSCCC(=O)N[C@@H]1C=C[C@H](CO)C1. The molecule has 1 aliphatic rings. The second-order valence-electron chi connectivity index (χ2n) is 3.68. The highest BCUT2D eigenvalue weighted by molar-refractivity contribution is 7.99. The lowest BCUT2D eigenvalue weighted by atomic mass is 10.1. The number of rotatable bonds is 6. The van der Waals surface area contributed by atoms with Crippen molar-refractivity contribution in [1.82, 2.24) is 5.32 Å². The summed E-state index contributed by atoms with van der Waals surface area (Å²) in [6.07, 6.45) is 5.38. The van der Waals surface area contributed by atoms with E-state index in [4.69, 9.17) is 5.11 Å². The highest BCUT2D eigenvalue weighted by Gasteiger charge is 2.19. The van der Waals surface area contributed by atoms with E-state index in [0.717, 1.165) is 17.9 Å². The van der Waals surface area contributed by atoms with Crippen LogP contribution in [0, 0.1) is 5.92 Å². The van der Waals surface area contributed by atoms with Gasteiger partial charge in [-0.15, -0.1) is 0 Å². The zero-order chi connectivity index (χ0) is 11.1. The van der Waals surface area contributed by atoms with Crippen LogP contribution in [-0.2, 0) is 4.79 Å². The summed E-state index contributed by atoms with van der Waals surface area (Å²) >= 11 is 1.78. The van der Waals surface area contributed by atoms with Crippen LogP contribution in [-0.4, -0.2) is 35.2 Å². The van der Waals surface area contributed by atoms with Crippen LogP contribution in [0.2, 0.25) is 0 Å². The maximum Gasteiger partial charge on any atom is 0.221 e. The van der Waals surface area contributed by atoms with Crippen LogP contribution in [0.25, 0.3) is 0 Å². The molecule has 4 heteroatoms. The zero-order valence-electron chi connectivity index (χ0n) is 9.11. The van der Waals surface area contributed by atoms with E-state index in [1.807, 2.05) is 12.2 Å². The molecule has 0 spiro atoms. The smallest absolute Gasteiger partial charge is 0.221 e. The molecule has 0 fully saturated rings. The molecule has 0 unspecified atom stereocenters. The third-order valence-corrected chi connectivity index (χ3v) is 3.33. The molecule has 0 bridgehead atoms. The molecular formula is C11H19NO2S. The number of thioether (sulfide) groups is 1. The minimum Gasteiger partial charge on any atom is -0.396 e.